The molecule has 0 saturated heterocycles. The van der Waals surface area contributed by atoms with Gasteiger partial charge in [0.1, 0.15) is 0 Å². The largest absolute Gasteiger partial charge is 0.276 e. The van der Waals surface area contributed by atoms with Crippen molar-refractivity contribution in [3.63, 3.8) is 0 Å². The lowest BCUT2D eigenvalue weighted by Gasteiger charge is -2.06. The van der Waals surface area contributed by atoms with Crippen molar-refractivity contribution in [1.29, 1.82) is 0 Å². The summed E-state index contributed by atoms with van der Waals surface area (Å²) in [5, 5.41) is -0.373. The van der Waals surface area contributed by atoms with Crippen molar-refractivity contribution in [2.24, 2.45) is 5.92 Å². The fourth-order valence-electron chi connectivity index (χ4n) is 1.16. The number of rotatable bonds is 5. The summed E-state index contributed by atoms with van der Waals surface area (Å²) in [5.74, 6) is 1.72. The minimum atomic E-state index is -0.373. The molecule has 0 bridgehead atoms. The number of carbonyl (C=O) groups excluding carboxylic acids is 1. The number of halogens is 1. The first-order valence-corrected chi connectivity index (χ1v) is 6.39. The molecule has 0 fully saturated rings. The van der Waals surface area contributed by atoms with E-state index >= 15 is 0 Å². The fraction of sp³-hybridized carbons (Fsp3) is 0.417. The Hall–Kier alpha value is -0.470. The van der Waals surface area contributed by atoms with Gasteiger partial charge in [0.15, 0.2) is 0 Å². The zero-order chi connectivity index (χ0) is 11.3. The van der Waals surface area contributed by atoms with Gasteiger partial charge in [-0.15, -0.1) is 11.8 Å². The average molecular weight is 243 g/mol. The van der Waals surface area contributed by atoms with Gasteiger partial charge in [-0.05, 0) is 41.8 Å². The van der Waals surface area contributed by atoms with Crippen molar-refractivity contribution in [2.75, 3.05) is 5.75 Å². The molecule has 0 heterocycles. The Kier molecular flexibility index (Phi) is 5.20. The highest BCUT2D eigenvalue weighted by Crippen LogP contribution is 2.25. The Morgan fingerprint density at radius 1 is 1.40 bits per heavy atom. The fourth-order valence-corrected chi connectivity index (χ4v) is 2.68. The monoisotopic (exact) mass is 242 g/mol. The van der Waals surface area contributed by atoms with Crippen LogP contribution in [0.4, 0.5) is 0 Å². The average Bonchev–Trinajstić information content (AvgIpc) is 2.17. The molecule has 0 saturated carbocycles. The highest BCUT2D eigenvalue weighted by atomic mass is 35.5. The van der Waals surface area contributed by atoms with E-state index in [0.717, 1.165) is 17.1 Å². The maximum atomic E-state index is 11.1. The van der Waals surface area contributed by atoms with E-state index in [4.69, 9.17) is 11.6 Å². The number of hydrogen-bond acceptors (Lipinski definition) is 2. The first-order valence-electron chi connectivity index (χ1n) is 5.03. The summed E-state index contributed by atoms with van der Waals surface area (Å²) in [4.78, 5) is 12.1. The molecule has 0 N–H and O–H groups in total. The number of thioether (sulfide) groups is 1. The summed E-state index contributed by atoms with van der Waals surface area (Å²) in [6, 6.07) is 7.48. The second kappa shape index (κ2) is 6.19. The van der Waals surface area contributed by atoms with Crippen LogP contribution in [0.15, 0.2) is 29.2 Å². The van der Waals surface area contributed by atoms with Crippen LogP contribution in [0.5, 0.6) is 0 Å². The summed E-state index contributed by atoms with van der Waals surface area (Å²) in [6.45, 7) is 4.39. The molecule has 0 atom stereocenters. The predicted octanol–water partition coefficient (Wildman–Crippen LogP) is 4.20. The van der Waals surface area contributed by atoms with Crippen LogP contribution in [0.1, 0.15) is 30.6 Å². The normalized spacial score (nSPS) is 10.7. The molecule has 1 aromatic rings. The molecule has 0 spiro atoms. The molecule has 0 amide bonds. The molecule has 0 aliphatic heterocycles. The van der Waals surface area contributed by atoms with E-state index in [0.29, 0.717) is 11.5 Å². The summed E-state index contributed by atoms with van der Waals surface area (Å²) in [6.07, 6.45) is 1.15. The maximum Gasteiger partial charge on any atom is 0.253 e. The Morgan fingerprint density at radius 3 is 2.67 bits per heavy atom. The number of benzene rings is 1. The van der Waals surface area contributed by atoms with E-state index in [1.165, 1.54) is 0 Å². The van der Waals surface area contributed by atoms with Crippen LogP contribution in [0.3, 0.4) is 0 Å². The predicted molar refractivity (Wildman–Crippen MR) is 66.8 cm³/mol. The van der Waals surface area contributed by atoms with Crippen LogP contribution >= 0.6 is 23.4 Å². The van der Waals surface area contributed by atoms with Crippen molar-refractivity contribution in [3.8, 4) is 0 Å². The molecule has 0 unspecified atom stereocenters. The van der Waals surface area contributed by atoms with Gasteiger partial charge in [0.2, 0.25) is 0 Å². The molecule has 82 valence electrons. The van der Waals surface area contributed by atoms with Crippen molar-refractivity contribution >= 4 is 28.6 Å². The van der Waals surface area contributed by atoms with Gasteiger partial charge in [-0.1, -0.05) is 26.0 Å². The Morgan fingerprint density at radius 2 is 2.07 bits per heavy atom. The summed E-state index contributed by atoms with van der Waals surface area (Å²) in [7, 11) is 0. The minimum absolute atomic E-state index is 0.373. The van der Waals surface area contributed by atoms with Crippen molar-refractivity contribution in [2.45, 2.75) is 25.2 Å². The molecule has 1 nitrogen and oxygen atoms in total. The third-order valence-electron chi connectivity index (χ3n) is 2.05. The van der Waals surface area contributed by atoms with Crippen LogP contribution in [-0.4, -0.2) is 11.0 Å². The van der Waals surface area contributed by atoms with Crippen molar-refractivity contribution < 1.29 is 4.79 Å². The van der Waals surface area contributed by atoms with Crippen molar-refractivity contribution in [3.05, 3.63) is 29.8 Å². The lowest BCUT2D eigenvalue weighted by molar-refractivity contribution is 0.107. The lowest BCUT2D eigenvalue weighted by atomic mass is 10.2. The van der Waals surface area contributed by atoms with Crippen LogP contribution in [0, 0.1) is 5.92 Å². The third-order valence-corrected chi connectivity index (χ3v) is 3.36. The minimum Gasteiger partial charge on any atom is -0.276 e. The zero-order valence-electron chi connectivity index (χ0n) is 9.00. The van der Waals surface area contributed by atoms with E-state index in [1.54, 1.807) is 17.8 Å². The molecule has 15 heavy (non-hydrogen) atoms. The Bertz CT molecular complexity index is 336. The van der Waals surface area contributed by atoms with Crippen molar-refractivity contribution in [1.82, 2.24) is 0 Å². The zero-order valence-corrected chi connectivity index (χ0v) is 10.6. The smallest absolute Gasteiger partial charge is 0.253 e. The van der Waals surface area contributed by atoms with Crippen LogP contribution in [0.2, 0.25) is 0 Å². The van der Waals surface area contributed by atoms with Gasteiger partial charge in [0, 0.05) is 10.5 Å². The molecule has 0 aromatic heterocycles. The van der Waals surface area contributed by atoms with E-state index in [9.17, 15) is 4.79 Å². The Balaban J connectivity index is 2.63. The first kappa shape index (κ1) is 12.6. The van der Waals surface area contributed by atoms with E-state index < -0.39 is 0 Å². The molecule has 0 aliphatic carbocycles. The molecule has 0 aliphatic rings. The standard InChI is InChI=1S/C12H15ClOS/c1-9(2)7-8-15-11-6-4-3-5-10(11)12(13)14/h3-6,9H,7-8H2,1-2H3. The van der Waals surface area contributed by atoms with Gasteiger partial charge in [0.25, 0.3) is 5.24 Å². The molecular formula is C12H15ClOS. The second-order valence-corrected chi connectivity index (χ2v) is 5.28. The third kappa shape index (κ3) is 4.27. The van der Waals surface area contributed by atoms with Gasteiger partial charge >= 0.3 is 0 Å². The molecular weight excluding hydrogens is 228 g/mol. The molecule has 1 aromatic carbocycles. The van der Waals surface area contributed by atoms with Gasteiger partial charge in [-0.25, -0.2) is 0 Å². The summed E-state index contributed by atoms with van der Waals surface area (Å²) < 4.78 is 0. The van der Waals surface area contributed by atoms with E-state index in [-0.39, 0.29) is 5.24 Å². The molecule has 0 radical (unpaired) electrons. The summed E-state index contributed by atoms with van der Waals surface area (Å²) in [5.41, 5.74) is 0.618. The van der Waals surface area contributed by atoms with E-state index in [1.807, 2.05) is 18.2 Å². The SMILES string of the molecule is CC(C)CCSc1ccccc1C(=O)Cl. The van der Waals surface area contributed by atoms with Gasteiger partial charge < -0.3 is 0 Å². The topological polar surface area (TPSA) is 17.1 Å². The molecule has 1 rings (SSSR count). The quantitative estimate of drug-likeness (QED) is 0.569. The highest BCUT2D eigenvalue weighted by molar-refractivity contribution is 7.99. The highest BCUT2D eigenvalue weighted by Gasteiger charge is 2.08. The van der Waals surface area contributed by atoms with Crippen LogP contribution in [-0.2, 0) is 0 Å². The second-order valence-electron chi connectivity index (χ2n) is 3.80. The Labute approximate surface area is 100 Å². The first-order chi connectivity index (χ1) is 7.11. The van der Waals surface area contributed by atoms with Crippen LogP contribution in [0.25, 0.3) is 0 Å². The van der Waals surface area contributed by atoms with Gasteiger partial charge in [-0.3, -0.25) is 4.79 Å². The van der Waals surface area contributed by atoms with Gasteiger partial charge in [0.05, 0.1) is 0 Å². The van der Waals surface area contributed by atoms with Gasteiger partial charge in [-0.2, -0.15) is 0 Å². The van der Waals surface area contributed by atoms with E-state index in [2.05, 4.69) is 13.8 Å². The molecule has 3 heteroatoms. The number of carbonyl (C=O) groups is 1. The maximum absolute atomic E-state index is 11.1. The lowest BCUT2D eigenvalue weighted by Crippen LogP contribution is -1.94. The van der Waals surface area contributed by atoms with Crippen LogP contribution < -0.4 is 0 Å². The summed E-state index contributed by atoms with van der Waals surface area (Å²) >= 11 is 7.20. The number of hydrogen-bond donors (Lipinski definition) is 0.